The quantitative estimate of drug-likeness (QED) is 0.421. The third-order valence-corrected chi connectivity index (χ3v) is 4.62. The molecule has 0 aliphatic carbocycles. The summed E-state index contributed by atoms with van der Waals surface area (Å²) in [4.78, 5) is 9.61. The number of nitrogens with zero attached hydrogens (tertiary/aromatic N) is 3. The zero-order valence-electron chi connectivity index (χ0n) is 13.1. The highest BCUT2D eigenvalue weighted by Crippen LogP contribution is 2.36. The molecule has 2 aromatic carbocycles. The number of nitrogens with one attached hydrogen (secondary N) is 1. The van der Waals surface area contributed by atoms with E-state index in [1.807, 2.05) is 18.2 Å². The van der Waals surface area contributed by atoms with Gasteiger partial charge in [0.2, 0.25) is 0 Å². The van der Waals surface area contributed by atoms with Crippen LogP contribution in [0.25, 0.3) is 21.3 Å². The Balaban J connectivity index is 1.68. The fourth-order valence-corrected chi connectivity index (χ4v) is 3.43. The smallest absolute Gasteiger partial charge is 0.159 e. The van der Waals surface area contributed by atoms with Crippen molar-refractivity contribution in [3.05, 3.63) is 71.9 Å². The van der Waals surface area contributed by atoms with Crippen molar-refractivity contribution in [2.24, 2.45) is 5.10 Å². The van der Waals surface area contributed by atoms with Gasteiger partial charge >= 0.3 is 0 Å². The summed E-state index contributed by atoms with van der Waals surface area (Å²) in [6.45, 7) is 0. The fourth-order valence-electron chi connectivity index (χ4n) is 2.52. The van der Waals surface area contributed by atoms with Crippen molar-refractivity contribution in [1.29, 1.82) is 0 Å². The molecule has 0 aliphatic heterocycles. The van der Waals surface area contributed by atoms with Crippen LogP contribution in [0.4, 0.5) is 5.82 Å². The number of benzene rings is 2. The molecule has 2 aromatic heterocycles. The Bertz CT molecular complexity index is 1030. The van der Waals surface area contributed by atoms with Crippen LogP contribution in [0, 0.1) is 0 Å². The maximum Gasteiger partial charge on any atom is 0.159 e. The van der Waals surface area contributed by atoms with E-state index in [4.69, 9.17) is 0 Å². The largest absolute Gasteiger partial charge is 0.508 e. The van der Waals surface area contributed by atoms with Gasteiger partial charge in [0.25, 0.3) is 0 Å². The van der Waals surface area contributed by atoms with E-state index in [-0.39, 0.29) is 5.75 Å². The van der Waals surface area contributed by atoms with Crippen LogP contribution in [0.5, 0.6) is 5.75 Å². The van der Waals surface area contributed by atoms with Crippen LogP contribution < -0.4 is 5.43 Å². The molecule has 2 heterocycles. The molecule has 25 heavy (non-hydrogen) atoms. The average Bonchev–Trinajstić information content (AvgIpc) is 3.09. The van der Waals surface area contributed by atoms with E-state index in [1.165, 1.54) is 6.33 Å². The zero-order chi connectivity index (χ0) is 17.1. The van der Waals surface area contributed by atoms with E-state index in [2.05, 4.69) is 38.0 Å². The third kappa shape index (κ3) is 3.20. The molecule has 2 N–H and O–H groups in total. The van der Waals surface area contributed by atoms with Gasteiger partial charge in [0.1, 0.15) is 16.9 Å². The van der Waals surface area contributed by atoms with Crippen LogP contribution in [0.1, 0.15) is 5.56 Å². The Kier molecular flexibility index (Phi) is 4.10. The van der Waals surface area contributed by atoms with E-state index < -0.39 is 0 Å². The topological polar surface area (TPSA) is 70.4 Å². The lowest BCUT2D eigenvalue weighted by Gasteiger charge is -2.04. The van der Waals surface area contributed by atoms with E-state index in [1.54, 1.807) is 41.8 Å². The second-order valence-corrected chi connectivity index (χ2v) is 6.24. The van der Waals surface area contributed by atoms with Crippen LogP contribution in [0.15, 0.2) is 71.4 Å². The lowest BCUT2D eigenvalue weighted by molar-refractivity contribution is 0.475. The molecule has 0 unspecified atom stereocenters. The molecular formula is C19H14N4OS. The number of phenolic OH excluding ortho intramolecular Hbond substituents is 1. The molecule has 5 nitrogen and oxygen atoms in total. The first-order valence-corrected chi connectivity index (χ1v) is 8.55. The van der Waals surface area contributed by atoms with Crippen molar-refractivity contribution in [2.45, 2.75) is 0 Å². The Morgan fingerprint density at radius 1 is 1.00 bits per heavy atom. The lowest BCUT2D eigenvalue weighted by atomic mass is 10.1. The third-order valence-electron chi connectivity index (χ3n) is 3.73. The SMILES string of the molecule is Oc1ccc(/C=N\Nc2ncnc3scc(-c4ccccc4)c23)cc1. The van der Waals surface area contributed by atoms with Crippen molar-refractivity contribution in [3.63, 3.8) is 0 Å². The molecule has 0 spiro atoms. The van der Waals surface area contributed by atoms with Gasteiger partial charge in [-0.2, -0.15) is 5.10 Å². The van der Waals surface area contributed by atoms with E-state index >= 15 is 0 Å². The van der Waals surface area contributed by atoms with E-state index in [0.717, 1.165) is 26.9 Å². The number of thiophene rings is 1. The summed E-state index contributed by atoms with van der Waals surface area (Å²) in [5.74, 6) is 0.897. The number of rotatable bonds is 4. The van der Waals surface area contributed by atoms with Crippen molar-refractivity contribution < 1.29 is 5.11 Å². The van der Waals surface area contributed by atoms with Crippen LogP contribution in [-0.4, -0.2) is 21.3 Å². The molecule has 0 radical (unpaired) electrons. The fraction of sp³-hybridized carbons (Fsp3) is 0. The first kappa shape index (κ1) is 15.3. The molecule has 0 saturated heterocycles. The Morgan fingerprint density at radius 3 is 2.60 bits per heavy atom. The molecule has 0 aliphatic rings. The van der Waals surface area contributed by atoms with Gasteiger partial charge in [-0.25, -0.2) is 9.97 Å². The Hall–Kier alpha value is -3.25. The number of hydrogen-bond donors (Lipinski definition) is 2. The summed E-state index contributed by atoms with van der Waals surface area (Å²) < 4.78 is 0. The summed E-state index contributed by atoms with van der Waals surface area (Å²) in [6.07, 6.45) is 3.22. The van der Waals surface area contributed by atoms with Crippen LogP contribution in [-0.2, 0) is 0 Å². The normalized spacial score (nSPS) is 11.2. The standard InChI is InChI=1S/C19H14N4OS/c24-15-8-6-13(7-9-15)10-22-23-18-17-16(14-4-2-1-3-5-14)11-25-19(17)21-12-20-18/h1-12,24H,(H,20,21,23)/b22-10-. The minimum atomic E-state index is 0.230. The molecular weight excluding hydrogens is 332 g/mol. The summed E-state index contributed by atoms with van der Waals surface area (Å²) in [6, 6.07) is 17.0. The molecule has 0 fully saturated rings. The number of hydrogen-bond acceptors (Lipinski definition) is 6. The van der Waals surface area contributed by atoms with Gasteiger partial charge < -0.3 is 5.11 Å². The Labute approximate surface area is 148 Å². The molecule has 4 rings (SSSR count). The minimum absolute atomic E-state index is 0.230. The Morgan fingerprint density at radius 2 is 1.80 bits per heavy atom. The van der Waals surface area contributed by atoms with Gasteiger partial charge in [-0.3, -0.25) is 5.43 Å². The molecule has 4 aromatic rings. The minimum Gasteiger partial charge on any atom is -0.508 e. The van der Waals surface area contributed by atoms with Crippen LogP contribution in [0.3, 0.4) is 0 Å². The highest BCUT2D eigenvalue weighted by Gasteiger charge is 2.12. The average molecular weight is 346 g/mol. The summed E-state index contributed by atoms with van der Waals surface area (Å²) >= 11 is 1.58. The van der Waals surface area contributed by atoms with Crippen molar-refractivity contribution >= 4 is 33.6 Å². The van der Waals surface area contributed by atoms with Crippen molar-refractivity contribution in [2.75, 3.05) is 5.43 Å². The number of aromatic nitrogens is 2. The predicted octanol–water partition coefficient (Wildman–Crippen LogP) is 4.51. The highest BCUT2D eigenvalue weighted by molar-refractivity contribution is 7.17. The number of anilines is 1. The molecule has 0 amide bonds. The van der Waals surface area contributed by atoms with Crippen molar-refractivity contribution in [3.8, 4) is 16.9 Å². The lowest BCUT2D eigenvalue weighted by Crippen LogP contribution is -1.95. The number of aromatic hydroxyl groups is 1. The maximum absolute atomic E-state index is 9.32. The van der Waals surface area contributed by atoms with Crippen LogP contribution >= 0.6 is 11.3 Å². The second-order valence-electron chi connectivity index (χ2n) is 5.38. The summed E-state index contributed by atoms with van der Waals surface area (Å²) in [5, 5.41) is 16.6. The van der Waals surface area contributed by atoms with Gasteiger partial charge in [-0.05, 0) is 35.4 Å². The first-order chi connectivity index (χ1) is 12.3. The van der Waals surface area contributed by atoms with Gasteiger partial charge in [0.15, 0.2) is 5.82 Å². The van der Waals surface area contributed by atoms with E-state index in [0.29, 0.717) is 5.82 Å². The van der Waals surface area contributed by atoms with E-state index in [9.17, 15) is 5.11 Å². The van der Waals surface area contributed by atoms with Crippen LogP contribution in [0.2, 0.25) is 0 Å². The maximum atomic E-state index is 9.32. The predicted molar refractivity (Wildman–Crippen MR) is 102 cm³/mol. The zero-order valence-corrected chi connectivity index (χ0v) is 13.9. The molecule has 0 saturated carbocycles. The first-order valence-electron chi connectivity index (χ1n) is 7.67. The van der Waals surface area contributed by atoms with Gasteiger partial charge in [0.05, 0.1) is 11.6 Å². The van der Waals surface area contributed by atoms with Crippen molar-refractivity contribution in [1.82, 2.24) is 9.97 Å². The summed E-state index contributed by atoms with van der Waals surface area (Å²) in [5.41, 5.74) is 6.09. The second kappa shape index (κ2) is 6.70. The number of hydrazone groups is 1. The monoisotopic (exact) mass is 346 g/mol. The summed E-state index contributed by atoms with van der Waals surface area (Å²) in [7, 11) is 0. The number of phenols is 1. The van der Waals surface area contributed by atoms with Gasteiger partial charge in [-0.15, -0.1) is 11.3 Å². The molecule has 0 bridgehead atoms. The molecule has 6 heteroatoms. The molecule has 0 atom stereocenters. The van der Waals surface area contributed by atoms with Gasteiger partial charge in [-0.1, -0.05) is 30.3 Å². The molecule has 122 valence electrons. The highest BCUT2D eigenvalue weighted by atomic mass is 32.1. The number of fused-ring (bicyclic) bond motifs is 1. The van der Waals surface area contributed by atoms with Gasteiger partial charge in [0, 0.05) is 10.9 Å².